The van der Waals surface area contributed by atoms with Crippen LogP contribution in [-0.2, 0) is 0 Å². The highest BCUT2D eigenvalue weighted by Gasteiger charge is 2.30. The number of halogens is 1. The third-order valence-corrected chi connectivity index (χ3v) is 3.70. The summed E-state index contributed by atoms with van der Waals surface area (Å²) in [5, 5.41) is 0.466. The van der Waals surface area contributed by atoms with Gasteiger partial charge in [-0.25, -0.2) is 0 Å². The number of hydrogen-bond acceptors (Lipinski definition) is 2. The maximum absolute atomic E-state index is 12.8. The van der Waals surface area contributed by atoms with E-state index in [4.69, 9.17) is 16.3 Å². The Hall–Kier alpha value is -2.00. The predicted molar refractivity (Wildman–Crippen MR) is 79.7 cm³/mol. The van der Waals surface area contributed by atoms with Crippen LogP contribution in [0.4, 0.5) is 5.69 Å². The van der Waals surface area contributed by atoms with E-state index in [0.717, 1.165) is 11.4 Å². The van der Waals surface area contributed by atoms with Crippen LogP contribution in [0, 0.1) is 0 Å². The molecule has 102 valence electrons. The fraction of sp³-hybridized carbons (Fsp3) is 0.188. The van der Waals surface area contributed by atoms with Gasteiger partial charge in [0.05, 0.1) is 22.3 Å². The average Bonchev–Trinajstić information content (AvgIpc) is 2.47. The molecule has 20 heavy (non-hydrogen) atoms. The molecule has 0 saturated carbocycles. The molecule has 1 aliphatic rings. The molecule has 0 bridgehead atoms. The molecule has 0 aromatic heterocycles. The van der Waals surface area contributed by atoms with Crippen molar-refractivity contribution in [2.75, 3.05) is 11.5 Å². The summed E-state index contributed by atoms with van der Waals surface area (Å²) < 4.78 is 5.66. The Labute approximate surface area is 122 Å². The number of carbonyl (C=O) groups is 1. The van der Waals surface area contributed by atoms with E-state index in [2.05, 4.69) is 0 Å². The number of amides is 1. The number of nitrogens with zero attached hydrogens (tertiary/aromatic N) is 1. The van der Waals surface area contributed by atoms with E-state index in [9.17, 15) is 4.79 Å². The third kappa shape index (κ3) is 2.14. The molecule has 3 rings (SSSR count). The van der Waals surface area contributed by atoms with E-state index in [1.165, 1.54) is 0 Å². The lowest BCUT2D eigenvalue weighted by Gasteiger charge is -2.35. The topological polar surface area (TPSA) is 29.5 Å². The second-order valence-electron chi connectivity index (χ2n) is 4.78. The van der Waals surface area contributed by atoms with Crippen molar-refractivity contribution in [1.82, 2.24) is 0 Å². The number of benzene rings is 2. The van der Waals surface area contributed by atoms with Gasteiger partial charge in [-0.05, 0) is 31.2 Å². The SMILES string of the molecule is C[C@@H]1COc2ccccc2N1C(=O)c1ccccc1Cl. The minimum atomic E-state index is -0.0983. The number of hydrogen-bond donors (Lipinski definition) is 0. The van der Waals surface area contributed by atoms with Gasteiger partial charge in [0.25, 0.3) is 5.91 Å². The summed E-state index contributed by atoms with van der Waals surface area (Å²) in [6.07, 6.45) is 0. The summed E-state index contributed by atoms with van der Waals surface area (Å²) in [7, 11) is 0. The zero-order chi connectivity index (χ0) is 14.1. The van der Waals surface area contributed by atoms with Crippen LogP contribution in [0.15, 0.2) is 48.5 Å². The summed E-state index contributed by atoms with van der Waals surface area (Å²) in [6.45, 7) is 2.44. The normalized spacial score (nSPS) is 17.3. The first-order chi connectivity index (χ1) is 9.68. The molecular weight excluding hydrogens is 274 g/mol. The number of ether oxygens (including phenoxy) is 1. The van der Waals surface area contributed by atoms with E-state index in [-0.39, 0.29) is 11.9 Å². The van der Waals surface area contributed by atoms with Crippen molar-refractivity contribution in [2.24, 2.45) is 0 Å². The molecule has 2 aromatic carbocycles. The van der Waals surface area contributed by atoms with Gasteiger partial charge in [-0.15, -0.1) is 0 Å². The lowest BCUT2D eigenvalue weighted by atomic mass is 10.1. The minimum Gasteiger partial charge on any atom is -0.489 e. The Bertz CT molecular complexity index is 656. The molecular formula is C16H14ClNO2. The van der Waals surface area contributed by atoms with Crippen LogP contribution >= 0.6 is 11.6 Å². The van der Waals surface area contributed by atoms with Gasteiger partial charge >= 0.3 is 0 Å². The highest BCUT2D eigenvalue weighted by Crippen LogP contribution is 2.35. The van der Waals surface area contributed by atoms with Crippen LogP contribution in [-0.4, -0.2) is 18.6 Å². The second-order valence-corrected chi connectivity index (χ2v) is 5.19. The van der Waals surface area contributed by atoms with E-state index in [0.29, 0.717) is 17.2 Å². The van der Waals surface area contributed by atoms with Gasteiger partial charge in [-0.2, -0.15) is 0 Å². The molecule has 0 spiro atoms. The highest BCUT2D eigenvalue weighted by molar-refractivity contribution is 6.34. The molecule has 4 heteroatoms. The van der Waals surface area contributed by atoms with E-state index < -0.39 is 0 Å². The van der Waals surface area contributed by atoms with Gasteiger partial charge in [0.2, 0.25) is 0 Å². The fourth-order valence-corrected chi connectivity index (χ4v) is 2.59. The first-order valence-corrected chi connectivity index (χ1v) is 6.86. The average molecular weight is 288 g/mol. The zero-order valence-electron chi connectivity index (χ0n) is 11.0. The van der Waals surface area contributed by atoms with Crippen molar-refractivity contribution in [3.8, 4) is 5.75 Å². The van der Waals surface area contributed by atoms with Crippen LogP contribution in [0.3, 0.4) is 0 Å². The van der Waals surface area contributed by atoms with Crippen molar-refractivity contribution in [1.29, 1.82) is 0 Å². The summed E-state index contributed by atoms with van der Waals surface area (Å²) in [4.78, 5) is 14.5. The number of carbonyl (C=O) groups excluding carboxylic acids is 1. The Kier molecular flexibility index (Phi) is 3.36. The molecule has 0 aliphatic carbocycles. The first-order valence-electron chi connectivity index (χ1n) is 6.48. The standard InChI is InChI=1S/C16H14ClNO2/c1-11-10-20-15-9-5-4-8-14(15)18(11)16(19)12-6-2-3-7-13(12)17/h2-9,11H,10H2,1H3/t11-/m1/s1. The van der Waals surface area contributed by atoms with Crippen molar-refractivity contribution in [3.05, 3.63) is 59.1 Å². The number of anilines is 1. The molecule has 0 N–H and O–H groups in total. The van der Waals surface area contributed by atoms with Gasteiger partial charge in [-0.3, -0.25) is 9.69 Å². The van der Waals surface area contributed by atoms with Gasteiger partial charge in [-0.1, -0.05) is 35.9 Å². The quantitative estimate of drug-likeness (QED) is 0.799. The Balaban J connectivity index is 2.05. The van der Waals surface area contributed by atoms with Crippen LogP contribution in [0.1, 0.15) is 17.3 Å². The van der Waals surface area contributed by atoms with Gasteiger partial charge in [0, 0.05) is 0 Å². The van der Waals surface area contributed by atoms with E-state index in [1.807, 2.05) is 43.3 Å². The van der Waals surface area contributed by atoms with Crippen LogP contribution in [0.5, 0.6) is 5.75 Å². The molecule has 0 fully saturated rings. The lowest BCUT2D eigenvalue weighted by Crippen LogP contribution is -2.45. The van der Waals surface area contributed by atoms with Crippen LogP contribution in [0.25, 0.3) is 0 Å². The molecule has 1 aliphatic heterocycles. The Morgan fingerprint density at radius 3 is 2.70 bits per heavy atom. The highest BCUT2D eigenvalue weighted by atomic mass is 35.5. The van der Waals surface area contributed by atoms with E-state index in [1.54, 1.807) is 17.0 Å². The second kappa shape index (κ2) is 5.17. The molecule has 1 heterocycles. The molecule has 1 atom stereocenters. The molecule has 0 unspecified atom stereocenters. The van der Waals surface area contributed by atoms with Crippen LogP contribution < -0.4 is 9.64 Å². The largest absolute Gasteiger partial charge is 0.489 e. The first kappa shape index (κ1) is 13.0. The molecule has 2 aromatic rings. The molecule has 1 amide bonds. The van der Waals surface area contributed by atoms with E-state index >= 15 is 0 Å². The number of para-hydroxylation sites is 2. The third-order valence-electron chi connectivity index (χ3n) is 3.37. The number of fused-ring (bicyclic) bond motifs is 1. The number of rotatable bonds is 1. The van der Waals surface area contributed by atoms with Crippen molar-refractivity contribution >= 4 is 23.2 Å². The molecule has 0 saturated heterocycles. The predicted octanol–water partition coefficient (Wildman–Crippen LogP) is 3.77. The summed E-state index contributed by atoms with van der Waals surface area (Å²) in [5.41, 5.74) is 1.30. The molecule has 0 radical (unpaired) electrons. The van der Waals surface area contributed by atoms with Crippen molar-refractivity contribution < 1.29 is 9.53 Å². The molecule has 3 nitrogen and oxygen atoms in total. The van der Waals surface area contributed by atoms with Gasteiger partial charge in [0.15, 0.2) is 0 Å². The van der Waals surface area contributed by atoms with Crippen molar-refractivity contribution in [3.63, 3.8) is 0 Å². The lowest BCUT2D eigenvalue weighted by molar-refractivity contribution is 0.0961. The maximum atomic E-state index is 12.8. The Morgan fingerprint density at radius 1 is 1.20 bits per heavy atom. The van der Waals surface area contributed by atoms with Gasteiger partial charge in [0.1, 0.15) is 12.4 Å². The summed E-state index contributed by atoms with van der Waals surface area (Å²) in [5.74, 6) is 0.629. The fourth-order valence-electron chi connectivity index (χ4n) is 2.37. The van der Waals surface area contributed by atoms with Gasteiger partial charge < -0.3 is 4.74 Å². The smallest absolute Gasteiger partial charge is 0.260 e. The minimum absolute atomic E-state index is 0.0336. The van der Waals surface area contributed by atoms with Crippen molar-refractivity contribution in [2.45, 2.75) is 13.0 Å². The van der Waals surface area contributed by atoms with Crippen LogP contribution in [0.2, 0.25) is 5.02 Å². The maximum Gasteiger partial charge on any atom is 0.260 e. The summed E-state index contributed by atoms with van der Waals surface area (Å²) in [6, 6.07) is 14.6. The monoisotopic (exact) mass is 287 g/mol. The summed E-state index contributed by atoms with van der Waals surface area (Å²) >= 11 is 6.13. The zero-order valence-corrected chi connectivity index (χ0v) is 11.8. The Morgan fingerprint density at radius 2 is 1.90 bits per heavy atom.